The third kappa shape index (κ3) is 5.75. The van der Waals surface area contributed by atoms with Crippen molar-refractivity contribution in [2.45, 2.75) is 57.6 Å². The number of carbonyl (C=O) groups excluding carboxylic acids is 1. The Morgan fingerprint density at radius 3 is 2.27 bits per heavy atom. The fraction of sp³-hybridized carbons (Fsp3) is 0.414. The summed E-state index contributed by atoms with van der Waals surface area (Å²) >= 11 is 0. The van der Waals surface area contributed by atoms with Crippen LogP contribution in [0.5, 0.6) is 0 Å². The Hall–Kier alpha value is -2.85. The molecule has 3 atom stereocenters. The molecule has 4 nitrogen and oxygen atoms in total. The van der Waals surface area contributed by atoms with E-state index in [0.29, 0.717) is 24.1 Å². The van der Waals surface area contributed by atoms with Crippen LogP contribution in [0.25, 0.3) is 0 Å². The van der Waals surface area contributed by atoms with Crippen molar-refractivity contribution in [2.75, 3.05) is 13.2 Å². The summed E-state index contributed by atoms with van der Waals surface area (Å²) in [6, 6.07) is 24.5. The number of benzene rings is 2. The zero-order chi connectivity index (χ0) is 23.3. The van der Waals surface area contributed by atoms with Crippen molar-refractivity contribution in [3.05, 3.63) is 95.9 Å². The Kier molecular flexibility index (Phi) is 7.34. The number of carbonyl (C=O) groups is 1. The van der Waals surface area contributed by atoms with Gasteiger partial charge in [-0.05, 0) is 75.1 Å². The maximum atomic E-state index is 13.5. The van der Waals surface area contributed by atoms with E-state index >= 15 is 0 Å². The topological polar surface area (TPSA) is 42.7 Å². The molecule has 1 aliphatic heterocycles. The summed E-state index contributed by atoms with van der Waals surface area (Å²) in [5, 5.41) is 0. The minimum absolute atomic E-state index is 0.0497. The van der Waals surface area contributed by atoms with E-state index in [9.17, 15) is 4.79 Å². The van der Waals surface area contributed by atoms with Gasteiger partial charge in [0.1, 0.15) is 0 Å². The first-order chi connectivity index (χ1) is 15.9. The molecule has 1 amide bonds. The second-order valence-corrected chi connectivity index (χ2v) is 9.73. The van der Waals surface area contributed by atoms with Crippen molar-refractivity contribution >= 4 is 5.91 Å². The molecule has 0 radical (unpaired) electrons. The molecule has 3 aromatic rings. The maximum Gasteiger partial charge on any atom is 0.290 e. The lowest BCUT2D eigenvalue weighted by molar-refractivity contribution is -0.0775. The molecule has 4 heteroatoms. The number of rotatable bonds is 8. The van der Waals surface area contributed by atoms with Crippen LogP contribution < -0.4 is 0 Å². The molecule has 0 saturated carbocycles. The summed E-state index contributed by atoms with van der Waals surface area (Å²) in [7, 11) is 0. The smallest absolute Gasteiger partial charge is 0.290 e. The normalized spacial score (nSPS) is 19.5. The van der Waals surface area contributed by atoms with Gasteiger partial charge in [-0.2, -0.15) is 0 Å². The Balaban J connectivity index is 1.60. The van der Waals surface area contributed by atoms with Crippen molar-refractivity contribution in [1.82, 2.24) is 4.90 Å². The van der Waals surface area contributed by atoms with E-state index in [1.807, 2.05) is 23.1 Å². The van der Waals surface area contributed by atoms with Crippen molar-refractivity contribution in [1.29, 1.82) is 0 Å². The van der Waals surface area contributed by atoms with Crippen LogP contribution in [-0.2, 0) is 4.74 Å². The molecule has 0 N–H and O–H groups in total. The lowest BCUT2D eigenvalue weighted by Gasteiger charge is -2.40. The van der Waals surface area contributed by atoms with Gasteiger partial charge >= 0.3 is 0 Å². The third-order valence-corrected chi connectivity index (χ3v) is 6.96. The van der Waals surface area contributed by atoms with Gasteiger partial charge < -0.3 is 14.1 Å². The van der Waals surface area contributed by atoms with Crippen molar-refractivity contribution in [3.8, 4) is 0 Å². The average molecular weight is 446 g/mol. The summed E-state index contributed by atoms with van der Waals surface area (Å²) < 4.78 is 11.5. The van der Waals surface area contributed by atoms with E-state index in [-0.39, 0.29) is 17.6 Å². The quantitative estimate of drug-likeness (QED) is 0.380. The molecule has 1 aliphatic rings. The van der Waals surface area contributed by atoms with E-state index in [0.717, 1.165) is 31.4 Å². The lowest BCUT2D eigenvalue weighted by atomic mass is 9.75. The van der Waals surface area contributed by atoms with Gasteiger partial charge in [0.2, 0.25) is 0 Å². The van der Waals surface area contributed by atoms with Gasteiger partial charge in [0.15, 0.2) is 5.76 Å². The van der Waals surface area contributed by atoms with Crippen molar-refractivity contribution < 1.29 is 13.9 Å². The fourth-order valence-corrected chi connectivity index (χ4v) is 5.20. The zero-order valence-corrected chi connectivity index (χ0v) is 19.9. The molecule has 2 aromatic carbocycles. The summed E-state index contributed by atoms with van der Waals surface area (Å²) in [5.74, 6) is 1.21. The number of hydrogen-bond donors (Lipinski definition) is 0. The van der Waals surface area contributed by atoms with Gasteiger partial charge in [-0.25, -0.2) is 0 Å². The Morgan fingerprint density at radius 1 is 1.00 bits per heavy atom. The van der Waals surface area contributed by atoms with Crippen LogP contribution in [0, 0.1) is 5.92 Å². The van der Waals surface area contributed by atoms with Crippen molar-refractivity contribution in [2.24, 2.45) is 5.92 Å². The zero-order valence-electron chi connectivity index (χ0n) is 19.9. The second-order valence-electron chi connectivity index (χ2n) is 9.73. The molecule has 2 heterocycles. The monoisotopic (exact) mass is 445 g/mol. The number of furan rings is 1. The Morgan fingerprint density at radius 2 is 1.67 bits per heavy atom. The van der Waals surface area contributed by atoms with E-state index in [1.54, 1.807) is 18.4 Å². The predicted molar refractivity (Wildman–Crippen MR) is 131 cm³/mol. The summed E-state index contributed by atoms with van der Waals surface area (Å²) in [6.45, 7) is 7.92. The molecular weight excluding hydrogens is 410 g/mol. The first-order valence-electron chi connectivity index (χ1n) is 12.0. The van der Waals surface area contributed by atoms with E-state index in [1.165, 1.54) is 5.56 Å². The van der Waals surface area contributed by atoms with E-state index in [2.05, 4.69) is 63.2 Å². The summed E-state index contributed by atoms with van der Waals surface area (Å²) in [4.78, 5) is 15.4. The minimum Gasteiger partial charge on any atom is -0.459 e. The molecule has 1 fully saturated rings. The first kappa shape index (κ1) is 23.3. The van der Waals surface area contributed by atoms with Gasteiger partial charge in [0.05, 0.1) is 17.9 Å². The average Bonchev–Trinajstić information content (AvgIpc) is 3.37. The van der Waals surface area contributed by atoms with Crippen LogP contribution in [-0.4, -0.2) is 29.6 Å². The maximum absolute atomic E-state index is 13.5. The Labute approximate surface area is 197 Å². The van der Waals surface area contributed by atoms with Gasteiger partial charge in [-0.15, -0.1) is 0 Å². The molecule has 33 heavy (non-hydrogen) atoms. The minimum atomic E-state index is -0.114. The molecular formula is C29H35NO3. The highest BCUT2D eigenvalue weighted by Crippen LogP contribution is 2.40. The highest BCUT2D eigenvalue weighted by atomic mass is 16.5. The van der Waals surface area contributed by atoms with Crippen LogP contribution in [0.1, 0.15) is 73.7 Å². The highest BCUT2D eigenvalue weighted by Gasteiger charge is 2.35. The molecule has 0 spiro atoms. The van der Waals surface area contributed by atoms with E-state index < -0.39 is 0 Å². The number of hydrogen-bond acceptors (Lipinski definition) is 3. The highest BCUT2D eigenvalue weighted by molar-refractivity contribution is 5.91. The number of ether oxygens (including phenoxy) is 1. The molecule has 0 bridgehead atoms. The van der Waals surface area contributed by atoms with Gasteiger partial charge in [0.25, 0.3) is 5.91 Å². The van der Waals surface area contributed by atoms with Crippen LogP contribution in [0.15, 0.2) is 83.5 Å². The largest absolute Gasteiger partial charge is 0.459 e. The molecule has 1 saturated heterocycles. The molecule has 174 valence electrons. The van der Waals surface area contributed by atoms with Crippen LogP contribution in [0.3, 0.4) is 0 Å². The molecule has 0 unspecified atom stereocenters. The first-order valence-corrected chi connectivity index (χ1v) is 12.0. The van der Waals surface area contributed by atoms with E-state index in [4.69, 9.17) is 9.15 Å². The van der Waals surface area contributed by atoms with Crippen LogP contribution >= 0.6 is 0 Å². The van der Waals surface area contributed by atoms with Crippen LogP contribution in [0.4, 0.5) is 0 Å². The van der Waals surface area contributed by atoms with Crippen molar-refractivity contribution in [3.63, 3.8) is 0 Å². The van der Waals surface area contributed by atoms with Gasteiger partial charge in [-0.3, -0.25) is 4.79 Å². The SMILES string of the molecule is C[C@H](c1ccccc1)N(CC[C@H](c1ccccc1)[C@@H]1CCOC(C)(C)C1)C(=O)c1ccco1. The van der Waals surface area contributed by atoms with Crippen LogP contribution in [0.2, 0.25) is 0 Å². The molecule has 1 aromatic heterocycles. The number of amides is 1. The molecule has 4 rings (SSSR count). The molecule has 0 aliphatic carbocycles. The van der Waals surface area contributed by atoms with Gasteiger partial charge in [0, 0.05) is 13.2 Å². The lowest BCUT2D eigenvalue weighted by Crippen LogP contribution is -2.38. The fourth-order valence-electron chi connectivity index (χ4n) is 5.20. The summed E-state index contributed by atoms with van der Waals surface area (Å²) in [5.41, 5.74) is 2.36. The summed E-state index contributed by atoms with van der Waals surface area (Å²) in [6.07, 6.45) is 4.53. The third-order valence-electron chi connectivity index (χ3n) is 6.96. The second kappa shape index (κ2) is 10.4. The van der Waals surface area contributed by atoms with Gasteiger partial charge in [-0.1, -0.05) is 60.7 Å². The predicted octanol–water partition coefficient (Wildman–Crippen LogP) is 6.86. The standard InChI is InChI=1S/C29H35NO3/c1-22(23-11-6-4-7-12-23)30(28(31)27-15-10-19-32-27)18-16-26(24-13-8-5-9-14-24)25-17-20-33-29(2,3)21-25/h4-15,19,22,25-26H,16-18,20-21H2,1-3H3/t22-,25-,26-/m1/s1. The Bertz CT molecular complexity index is 998. The number of nitrogens with zero attached hydrogens (tertiary/aromatic N) is 1.